The molecule has 5 rings (SSSR count). The van der Waals surface area contributed by atoms with Crippen LogP contribution < -0.4 is 29.5 Å². The highest BCUT2D eigenvalue weighted by Crippen LogP contribution is 2.48. The fourth-order valence-electron chi connectivity index (χ4n) is 6.73. The Hall–Kier alpha value is -3.81. The van der Waals surface area contributed by atoms with Gasteiger partial charge in [-0.1, -0.05) is 49.5 Å². The number of hydrogen-bond donors (Lipinski definition) is 1. The van der Waals surface area contributed by atoms with Crippen molar-refractivity contribution in [1.82, 2.24) is 25.1 Å². The number of carbonyl (C=O) groups is 3. The van der Waals surface area contributed by atoms with Crippen LogP contribution in [-0.2, 0) is 16.1 Å². The number of nitrogens with one attached hydrogen (secondary N) is 1. The average Bonchev–Trinajstić information content (AvgIpc) is 3.50. The Bertz CT molecular complexity index is 1530. The molecular weight excluding hydrogens is 659 g/mol. The third-order valence-electron chi connectivity index (χ3n) is 9.39. The molecule has 2 saturated heterocycles. The largest absolute Gasteiger partial charge is 0.495 e. The number of halogens is 2. The number of piperidine rings is 1. The van der Waals surface area contributed by atoms with Gasteiger partial charge in [-0.2, -0.15) is 4.98 Å². The fourth-order valence-corrected chi connectivity index (χ4v) is 7.43. The van der Waals surface area contributed by atoms with Gasteiger partial charge < -0.3 is 24.6 Å². The summed E-state index contributed by atoms with van der Waals surface area (Å²) in [6, 6.07) is 0.283. The summed E-state index contributed by atoms with van der Waals surface area (Å²) in [7, 11) is 6.56. The predicted molar refractivity (Wildman–Crippen MR) is 187 cm³/mol. The fraction of sp³-hybridized carbons (Fsp3) is 0.545. The summed E-state index contributed by atoms with van der Waals surface area (Å²) < 4.78 is 10.8. The summed E-state index contributed by atoms with van der Waals surface area (Å²) in [6.45, 7) is 8.05. The first-order valence-corrected chi connectivity index (χ1v) is 17.0. The number of unbranched alkanes of at least 4 members (excludes halogenated alkanes) is 1. The Morgan fingerprint density at radius 3 is 2.48 bits per heavy atom. The van der Waals surface area contributed by atoms with Gasteiger partial charge in [0, 0.05) is 44.5 Å². The van der Waals surface area contributed by atoms with Gasteiger partial charge in [-0.05, 0) is 38.9 Å². The summed E-state index contributed by atoms with van der Waals surface area (Å²) in [5.74, 6) is 1.21. The highest BCUT2D eigenvalue weighted by atomic mass is 35.5. The van der Waals surface area contributed by atoms with Gasteiger partial charge in [0.05, 0.1) is 44.6 Å². The van der Waals surface area contributed by atoms with Crippen molar-refractivity contribution in [3.8, 4) is 11.5 Å². The van der Waals surface area contributed by atoms with Gasteiger partial charge >= 0.3 is 6.03 Å². The molecule has 0 saturated carbocycles. The van der Waals surface area contributed by atoms with E-state index in [4.69, 9.17) is 42.6 Å². The lowest BCUT2D eigenvalue weighted by atomic mass is 10.0. The number of rotatable bonds is 11. The quantitative estimate of drug-likeness (QED) is 0.341. The van der Waals surface area contributed by atoms with Gasteiger partial charge in [-0.25, -0.2) is 9.78 Å². The van der Waals surface area contributed by atoms with Crippen LogP contribution in [0.3, 0.4) is 0 Å². The Kier molecular flexibility index (Phi) is 11.2. The van der Waals surface area contributed by atoms with Crippen LogP contribution in [0.1, 0.15) is 44.6 Å². The number of anilines is 3. The SMILES string of the molecule is C=CC(=O)NC1CN(C(=O)C2CCCCN2C)CC1N(CCCC)c1ncc2c(n1)N(C)C(=O)N(c1c(Cl)c(OC)cc(OC)c1Cl)C2. The molecule has 3 unspecified atom stereocenters. The summed E-state index contributed by atoms with van der Waals surface area (Å²) in [6.07, 6.45) is 7.56. The molecule has 3 atom stereocenters. The van der Waals surface area contributed by atoms with Crippen LogP contribution in [0.4, 0.5) is 22.2 Å². The zero-order valence-electron chi connectivity index (χ0n) is 28.2. The van der Waals surface area contributed by atoms with Crippen molar-refractivity contribution in [2.45, 2.75) is 63.7 Å². The highest BCUT2D eigenvalue weighted by molar-refractivity contribution is 6.42. The molecule has 3 aliphatic heterocycles. The molecule has 4 heterocycles. The first-order chi connectivity index (χ1) is 23.0. The van der Waals surface area contributed by atoms with Crippen molar-refractivity contribution in [2.24, 2.45) is 0 Å². The first kappa shape index (κ1) is 35.5. The maximum Gasteiger partial charge on any atom is 0.330 e. The molecule has 0 aliphatic carbocycles. The summed E-state index contributed by atoms with van der Waals surface area (Å²) in [4.78, 5) is 58.9. The van der Waals surface area contributed by atoms with Crippen LogP contribution in [0.15, 0.2) is 24.9 Å². The van der Waals surface area contributed by atoms with Crippen LogP contribution in [0.25, 0.3) is 0 Å². The second-order valence-corrected chi connectivity index (χ2v) is 13.1. The third kappa shape index (κ3) is 6.85. The minimum atomic E-state index is -0.406. The topological polar surface area (TPSA) is 124 Å². The molecule has 2 aromatic rings. The van der Waals surface area contributed by atoms with E-state index < -0.39 is 6.03 Å². The van der Waals surface area contributed by atoms with Crippen molar-refractivity contribution in [1.29, 1.82) is 0 Å². The number of carbonyl (C=O) groups excluding carboxylic acids is 3. The summed E-state index contributed by atoms with van der Waals surface area (Å²) in [5, 5.41) is 3.40. The van der Waals surface area contributed by atoms with E-state index in [2.05, 4.69) is 28.6 Å². The number of methoxy groups -OCH3 is 2. The van der Waals surface area contributed by atoms with E-state index in [1.54, 1.807) is 19.3 Å². The van der Waals surface area contributed by atoms with Crippen molar-refractivity contribution in [2.75, 3.05) is 69.2 Å². The van der Waals surface area contributed by atoms with Crippen LogP contribution in [0, 0.1) is 0 Å². The van der Waals surface area contributed by atoms with Crippen LogP contribution in [-0.4, -0.2) is 110 Å². The van der Waals surface area contributed by atoms with Crippen molar-refractivity contribution in [3.63, 3.8) is 0 Å². The molecule has 3 aliphatic rings. The van der Waals surface area contributed by atoms with Crippen LogP contribution in [0.2, 0.25) is 10.0 Å². The third-order valence-corrected chi connectivity index (χ3v) is 10.1. The molecule has 0 radical (unpaired) electrons. The van der Waals surface area contributed by atoms with E-state index in [-0.39, 0.29) is 52.2 Å². The highest BCUT2D eigenvalue weighted by Gasteiger charge is 2.43. The molecule has 2 fully saturated rings. The Morgan fingerprint density at radius 1 is 1.15 bits per heavy atom. The molecule has 0 spiro atoms. The number of nitrogens with zero attached hydrogens (tertiary/aromatic N) is 7. The van der Waals surface area contributed by atoms with Crippen molar-refractivity contribution < 1.29 is 23.9 Å². The van der Waals surface area contributed by atoms with E-state index in [0.717, 1.165) is 38.6 Å². The molecule has 48 heavy (non-hydrogen) atoms. The van der Waals surface area contributed by atoms with Gasteiger partial charge in [0.1, 0.15) is 27.4 Å². The zero-order valence-corrected chi connectivity index (χ0v) is 29.7. The van der Waals surface area contributed by atoms with Gasteiger partial charge in [0.2, 0.25) is 17.8 Å². The lowest BCUT2D eigenvalue weighted by molar-refractivity contribution is -0.136. The molecule has 0 bridgehead atoms. The predicted octanol–water partition coefficient (Wildman–Crippen LogP) is 4.35. The Morgan fingerprint density at radius 2 is 1.85 bits per heavy atom. The number of hydrogen-bond acceptors (Lipinski definition) is 9. The number of benzene rings is 1. The van der Waals surface area contributed by atoms with Crippen molar-refractivity contribution >= 4 is 58.5 Å². The van der Waals surface area contributed by atoms with E-state index in [1.807, 2.05) is 11.9 Å². The molecule has 1 aromatic carbocycles. The number of likely N-dealkylation sites (tertiary alicyclic amines) is 2. The molecule has 4 amide bonds. The monoisotopic (exact) mass is 702 g/mol. The molecule has 13 nitrogen and oxygen atoms in total. The molecule has 1 N–H and O–H groups in total. The summed E-state index contributed by atoms with van der Waals surface area (Å²) in [5.41, 5.74) is 0.927. The zero-order chi connectivity index (χ0) is 34.7. The smallest absolute Gasteiger partial charge is 0.330 e. The maximum atomic E-state index is 13.9. The second kappa shape index (κ2) is 15.2. The van der Waals surface area contributed by atoms with Gasteiger partial charge in [0.15, 0.2) is 0 Å². The first-order valence-electron chi connectivity index (χ1n) is 16.2. The van der Waals surface area contributed by atoms with E-state index in [0.29, 0.717) is 48.5 Å². The minimum absolute atomic E-state index is 0.0660. The number of fused-ring (bicyclic) bond motifs is 1. The average molecular weight is 704 g/mol. The second-order valence-electron chi connectivity index (χ2n) is 12.4. The van der Waals surface area contributed by atoms with E-state index >= 15 is 0 Å². The molecule has 15 heteroatoms. The minimum Gasteiger partial charge on any atom is -0.495 e. The van der Waals surface area contributed by atoms with Gasteiger partial charge in [0.25, 0.3) is 0 Å². The molecule has 1 aromatic heterocycles. The lowest BCUT2D eigenvalue weighted by Crippen LogP contribution is -2.52. The number of urea groups is 1. The number of likely N-dealkylation sites (N-methyl/N-ethyl adjacent to an activating group) is 1. The maximum absolute atomic E-state index is 13.9. The molecular formula is C33H44Cl2N8O5. The van der Waals surface area contributed by atoms with Gasteiger partial charge in [-0.3, -0.25) is 24.3 Å². The normalized spacial score (nSPS) is 21.2. The van der Waals surface area contributed by atoms with Crippen LogP contribution in [0.5, 0.6) is 11.5 Å². The molecule has 260 valence electrons. The van der Waals surface area contributed by atoms with Crippen molar-refractivity contribution in [3.05, 3.63) is 40.5 Å². The lowest BCUT2D eigenvalue weighted by Gasteiger charge is -2.37. The Balaban J connectivity index is 1.49. The van der Waals surface area contributed by atoms with Crippen LogP contribution >= 0.6 is 23.2 Å². The number of ether oxygens (including phenoxy) is 2. The van der Waals surface area contributed by atoms with E-state index in [9.17, 15) is 14.4 Å². The number of aromatic nitrogens is 2. The van der Waals surface area contributed by atoms with Gasteiger partial charge in [-0.15, -0.1) is 0 Å². The number of amides is 4. The summed E-state index contributed by atoms with van der Waals surface area (Å²) >= 11 is 13.3. The Labute approximate surface area is 291 Å². The van der Waals surface area contributed by atoms with E-state index in [1.165, 1.54) is 30.1 Å². The standard InChI is InChI=1S/C33H44Cl2N8O5/c1-7-9-14-42(23-19-41(18-21(23)37-26(44)8-2)31(45)22-12-10-11-13-39(22)3)32-36-16-20-17-43(33(46)40(4)30(20)38-32)29-27(34)24(47-5)15-25(48-6)28(29)35/h8,15-16,21-23H,2,7,9-14,17-19H2,1,3-6H3,(H,37,44).